The minimum Gasteiger partial charge on any atom is -0.507 e. The molecular formula is C15H12O2S. The standard InChI is InChI=1S/C15H12O2S/c1-2-9-7-11(16)14-13(8-9)18-12-6-4-3-5-10(12)15(14)17/h3-8,16H,2H2,1H3. The van der Waals surface area contributed by atoms with Crippen molar-refractivity contribution >= 4 is 31.5 Å². The molecule has 1 N–H and O–H groups in total. The van der Waals surface area contributed by atoms with E-state index >= 15 is 0 Å². The van der Waals surface area contributed by atoms with Gasteiger partial charge in [0.25, 0.3) is 0 Å². The lowest BCUT2D eigenvalue weighted by atomic mass is 10.1. The van der Waals surface area contributed by atoms with Crippen molar-refractivity contribution in [2.24, 2.45) is 0 Å². The van der Waals surface area contributed by atoms with Gasteiger partial charge in [0.15, 0.2) is 5.43 Å². The monoisotopic (exact) mass is 256 g/mol. The number of hydrogen-bond acceptors (Lipinski definition) is 3. The minimum atomic E-state index is -0.0838. The van der Waals surface area contributed by atoms with Crippen LogP contribution < -0.4 is 5.43 Å². The number of aryl methyl sites for hydroxylation is 1. The van der Waals surface area contributed by atoms with Crippen LogP contribution in [0.3, 0.4) is 0 Å². The van der Waals surface area contributed by atoms with E-state index in [1.807, 2.05) is 31.2 Å². The van der Waals surface area contributed by atoms with Gasteiger partial charge < -0.3 is 5.11 Å². The normalized spacial score (nSPS) is 11.2. The summed E-state index contributed by atoms with van der Waals surface area (Å²) in [6.45, 7) is 2.03. The van der Waals surface area contributed by atoms with Gasteiger partial charge in [-0.2, -0.15) is 0 Å². The topological polar surface area (TPSA) is 37.3 Å². The van der Waals surface area contributed by atoms with E-state index in [2.05, 4.69) is 0 Å². The van der Waals surface area contributed by atoms with Gasteiger partial charge in [0, 0.05) is 14.8 Å². The Morgan fingerprint density at radius 2 is 1.94 bits per heavy atom. The Morgan fingerprint density at radius 3 is 2.72 bits per heavy atom. The highest BCUT2D eigenvalue weighted by Crippen LogP contribution is 2.31. The van der Waals surface area contributed by atoms with Gasteiger partial charge in [-0.15, -0.1) is 11.3 Å². The van der Waals surface area contributed by atoms with Crippen molar-refractivity contribution in [1.82, 2.24) is 0 Å². The number of phenolic OH excluding ortho intramolecular Hbond substituents is 1. The van der Waals surface area contributed by atoms with Crippen molar-refractivity contribution in [1.29, 1.82) is 0 Å². The molecule has 2 nitrogen and oxygen atoms in total. The molecule has 3 heteroatoms. The molecule has 0 saturated carbocycles. The van der Waals surface area contributed by atoms with Crippen LogP contribution in [-0.4, -0.2) is 5.11 Å². The van der Waals surface area contributed by atoms with Gasteiger partial charge in [-0.25, -0.2) is 0 Å². The summed E-state index contributed by atoms with van der Waals surface area (Å²) in [4.78, 5) is 12.4. The molecule has 2 aromatic carbocycles. The first-order chi connectivity index (χ1) is 8.70. The van der Waals surface area contributed by atoms with Crippen molar-refractivity contribution in [3.63, 3.8) is 0 Å². The Labute approximate surface area is 108 Å². The fourth-order valence-electron chi connectivity index (χ4n) is 2.17. The Bertz CT molecular complexity index is 803. The van der Waals surface area contributed by atoms with E-state index in [0.717, 1.165) is 21.4 Å². The van der Waals surface area contributed by atoms with Gasteiger partial charge in [0.2, 0.25) is 0 Å². The molecule has 0 atom stereocenters. The molecule has 0 saturated heterocycles. The molecule has 0 aliphatic rings. The first-order valence-corrected chi connectivity index (χ1v) is 6.70. The Morgan fingerprint density at radius 1 is 1.17 bits per heavy atom. The second-order valence-electron chi connectivity index (χ2n) is 4.27. The van der Waals surface area contributed by atoms with Gasteiger partial charge in [0.05, 0.1) is 5.39 Å². The average molecular weight is 256 g/mol. The molecule has 0 amide bonds. The van der Waals surface area contributed by atoms with Crippen LogP contribution in [-0.2, 0) is 6.42 Å². The van der Waals surface area contributed by atoms with E-state index in [1.165, 1.54) is 0 Å². The zero-order chi connectivity index (χ0) is 12.7. The first kappa shape index (κ1) is 11.2. The van der Waals surface area contributed by atoms with Crippen molar-refractivity contribution in [3.05, 3.63) is 52.2 Å². The number of benzene rings is 2. The van der Waals surface area contributed by atoms with Gasteiger partial charge in [-0.3, -0.25) is 4.79 Å². The number of fused-ring (bicyclic) bond motifs is 2. The molecule has 18 heavy (non-hydrogen) atoms. The predicted molar refractivity (Wildman–Crippen MR) is 76.6 cm³/mol. The summed E-state index contributed by atoms with van der Waals surface area (Å²) >= 11 is 1.55. The molecule has 1 aromatic heterocycles. The number of phenols is 1. The van der Waals surface area contributed by atoms with E-state index in [0.29, 0.717) is 10.8 Å². The molecule has 0 radical (unpaired) electrons. The SMILES string of the molecule is CCc1cc(O)c2c(=O)c3ccccc3sc2c1. The highest BCUT2D eigenvalue weighted by atomic mass is 32.1. The Hall–Kier alpha value is -1.87. The van der Waals surface area contributed by atoms with E-state index in [1.54, 1.807) is 23.5 Å². The van der Waals surface area contributed by atoms with Crippen LogP contribution in [0.4, 0.5) is 0 Å². The Kier molecular flexibility index (Phi) is 2.56. The maximum atomic E-state index is 12.4. The van der Waals surface area contributed by atoms with Crippen LogP contribution in [0.15, 0.2) is 41.2 Å². The lowest BCUT2D eigenvalue weighted by molar-refractivity contribution is 0.481. The quantitative estimate of drug-likeness (QED) is 0.674. The lowest BCUT2D eigenvalue weighted by Gasteiger charge is -2.05. The fourth-order valence-corrected chi connectivity index (χ4v) is 3.33. The third-order valence-corrected chi connectivity index (χ3v) is 4.25. The highest BCUT2D eigenvalue weighted by molar-refractivity contribution is 7.24. The van der Waals surface area contributed by atoms with E-state index in [4.69, 9.17) is 0 Å². The highest BCUT2D eigenvalue weighted by Gasteiger charge is 2.10. The minimum absolute atomic E-state index is 0.0838. The average Bonchev–Trinajstić information content (AvgIpc) is 2.38. The van der Waals surface area contributed by atoms with Crippen molar-refractivity contribution in [2.45, 2.75) is 13.3 Å². The summed E-state index contributed by atoms with van der Waals surface area (Å²) in [7, 11) is 0. The molecule has 3 rings (SSSR count). The maximum absolute atomic E-state index is 12.4. The van der Waals surface area contributed by atoms with Crippen LogP contribution in [0.25, 0.3) is 20.2 Å². The molecule has 0 aliphatic carbocycles. The first-order valence-electron chi connectivity index (χ1n) is 5.88. The summed E-state index contributed by atoms with van der Waals surface area (Å²) in [6, 6.07) is 11.2. The van der Waals surface area contributed by atoms with Gasteiger partial charge in [-0.05, 0) is 36.2 Å². The summed E-state index contributed by atoms with van der Waals surface area (Å²) < 4.78 is 1.82. The molecule has 3 aromatic rings. The third-order valence-electron chi connectivity index (χ3n) is 3.13. The van der Waals surface area contributed by atoms with Gasteiger partial charge in [-0.1, -0.05) is 19.1 Å². The van der Waals surface area contributed by atoms with E-state index < -0.39 is 0 Å². The van der Waals surface area contributed by atoms with Crippen LogP contribution in [0.5, 0.6) is 5.75 Å². The lowest BCUT2D eigenvalue weighted by Crippen LogP contribution is -2.01. The third kappa shape index (κ3) is 1.59. The van der Waals surface area contributed by atoms with Gasteiger partial charge in [0.1, 0.15) is 5.75 Å². The summed E-state index contributed by atoms with van der Waals surface area (Å²) in [6.07, 6.45) is 0.844. The molecule has 0 unspecified atom stereocenters. The van der Waals surface area contributed by atoms with Crippen LogP contribution in [0.1, 0.15) is 12.5 Å². The van der Waals surface area contributed by atoms with Crippen LogP contribution in [0, 0.1) is 0 Å². The molecule has 1 heterocycles. The number of aromatic hydroxyl groups is 1. The van der Waals surface area contributed by atoms with Crippen LogP contribution in [0.2, 0.25) is 0 Å². The van der Waals surface area contributed by atoms with Crippen molar-refractivity contribution in [2.75, 3.05) is 0 Å². The summed E-state index contributed by atoms with van der Waals surface area (Å²) in [5.41, 5.74) is 0.963. The van der Waals surface area contributed by atoms with Crippen molar-refractivity contribution in [3.8, 4) is 5.75 Å². The summed E-state index contributed by atoms with van der Waals surface area (Å²) in [5, 5.41) is 11.1. The molecule has 0 aliphatic heterocycles. The zero-order valence-electron chi connectivity index (χ0n) is 9.93. The second-order valence-corrected chi connectivity index (χ2v) is 5.35. The summed E-state index contributed by atoms with van der Waals surface area (Å²) in [5.74, 6) is 0.0938. The maximum Gasteiger partial charge on any atom is 0.199 e. The predicted octanol–water partition coefficient (Wildman–Crippen LogP) is 3.68. The Balaban J connectivity index is 2.56. The number of rotatable bonds is 1. The molecule has 0 spiro atoms. The fraction of sp³-hybridized carbons (Fsp3) is 0.133. The molecule has 90 valence electrons. The van der Waals surface area contributed by atoms with Gasteiger partial charge >= 0.3 is 0 Å². The number of hydrogen-bond donors (Lipinski definition) is 1. The zero-order valence-corrected chi connectivity index (χ0v) is 10.8. The van der Waals surface area contributed by atoms with Crippen molar-refractivity contribution < 1.29 is 5.11 Å². The smallest absolute Gasteiger partial charge is 0.199 e. The second kappa shape index (κ2) is 4.10. The molecule has 0 fully saturated rings. The van der Waals surface area contributed by atoms with E-state index in [-0.39, 0.29) is 11.2 Å². The largest absolute Gasteiger partial charge is 0.507 e. The molecular weight excluding hydrogens is 244 g/mol. The van der Waals surface area contributed by atoms with Crippen LogP contribution >= 0.6 is 11.3 Å². The molecule has 0 bridgehead atoms. The van der Waals surface area contributed by atoms with E-state index in [9.17, 15) is 9.90 Å².